The number of anilines is 1. The van der Waals surface area contributed by atoms with Gasteiger partial charge in [-0.2, -0.15) is 0 Å². The van der Waals surface area contributed by atoms with Gasteiger partial charge in [0.05, 0.1) is 12.5 Å². The molecule has 0 bridgehead atoms. The molecule has 1 aliphatic heterocycles. The number of hydrogen-bond donors (Lipinski definition) is 1. The number of carboxylic acids is 1. The molecule has 5 heteroatoms. The first kappa shape index (κ1) is 14.8. The lowest BCUT2D eigenvalue weighted by molar-refractivity contribution is -0.138. The summed E-state index contributed by atoms with van der Waals surface area (Å²) in [6.45, 7) is 2.16. The summed E-state index contributed by atoms with van der Waals surface area (Å²) in [6.07, 6.45) is 0. The Bertz CT molecular complexity index is 755. The smallest absolute Gasteiger partial charge is 0.310 e. The second-order valence-corrected chi connectivity index (χ2v) is 6.16. The van der Waals surface area contributed by atoms with Gasteiger partial charge in [0.2, 0.25) is 0 Å². The summed E-state index contributed by atoms with van der Waals surface area (Å²) < 4.78 is 0.928. The van der Waals surface area contributed by atoms with Gasteiger partial charge < -0.3 is 10.0 Å². The zero-order valence-corrected chi connectivity index (χ0v) is 13.5. The molecule has 22 heavy (non-hydrogen) atoms. The van der Waals surface area contributed by atoms with Gasteiger partial charge in [-0.25, -0.2) is 0 Å². The molecule has 4 nitrogen and oxygen atoms in total. The molecule has 1 unspecified atom stereocenters. The van der Waals surface area contributed by atoms with Crippen molar-refractivity contribution in [3.8, 4) is 0 Å². The van der Waals surface area contributed by atoms with Gasteiger partial charge in [-0.15, -0.1) is 0 Å². The lowest BCUT2D eigenvalue weighted by Gasteiger charge is -2.17. The molecule has 0 aliphatic carbocycles. The molecule has 1 atom stereocenters. The maximum atomic E-state index is 12.5. The number of aliphatic carboxylic acids is 1. The van der Waals surface area contributed by atoms with Gasteiger partial charge in [0.25, 0.3) is 5.91 Å². The van der Waals surface area contributed by atoms with E-state index in [1.807, 2.05) is 18.2 Å². The third-order valence-electron chi connectivity index (χ3n) is 3.99. The molecule has 0 aromatic heterocycles. The summed E-state index contributed by atoms with van der Waals surface area (Å²) in [4.78, 5) is 25.2. The normalized spacial score (nSPS) is 14.8. The zero-order valence-electron chi connectivity index (χ0n) is 11.9. The fourth-order valence-electron chi connectivity index (χ4n) is 2.59. The fraction of sp³-hybridized carbons (Fsp3) is 0.176. The van der Waals surface area contributed by atoms with Crippen LogP contribution in [0, 0.1) is 0 Å². The van der Waals surface area contributed by atoms with Crippen molar-refractivity contribution in [1.82, 2.24) is 0 Å². The summed E-state index contributed by atoms with van der Waals surface area (Å²) in [5, 5.41) is 9.04. The molecule has 0 spiro atoms. The molecule has 0 fully saturated rings. The van der Waals surface area contributed by atoms with Crippen molar-refractivity contribution in [2.45, 2.75) is 19.4 Å². The van der Waals surface area contributed by atoms with Crippen molar-refractivity contribution < 1.29 is 14.7 Å². The van der Waals surface area contributed by atoms with Crippen LogP contribution < -0.4 is 4.90 Å². The Morgan fingerprint density at radius 1 is 1.23 bits per heavy atom. The predicted molar refractivity (Wildman–Crippen MR) is 87.1 cm³/mol. The summed E-state index contributed by atoms with van der Waals surface area (Å²) in [5.74, 6) is -1.45. The molecule has 3 rings (SSSR count). The van der Waals surface area contributed by atoms with Crippen molar-refractivity contribution in [3.05, 3.63) is 63.6 Å². The summed E-state index contributed by atoms with van der Waals surface area (Å²) in [6, 6.07) is 12.7. The molecule has 0 radical (unpaired) electrons. The van der Waals surface area contributed by atoms with Crippen LogP contribution in [-0.2, 0) is 11.3 Å². The summed E-state index contributed by atoms with van der Waals surface area (Å²) in [7, 11) is 0. The SMILES string of the molecule is CC(C(=O)O)c1ccc(N2Cc3c(Br)cccc3C2=O)cc1. The lowest BCUT2D eigenvalue weighted by atomic mass is 10.0. The van der Waals surface area contributed by atoms with Gasteiger partial charge >= 0.3 is 5.97 Å². The summed E-state index contributed by atoms with van der Waals surface area (Å²) in [5.41, 5.74) is 3.18. The third kappa shape index (κ3) is 2.41. The monoisotopic (exact) mass is 359 g/mol. The van der Waals surface area contributed by atoms with Crippen molar-refractivity contribution in [2.24, 2.45) is 0 Å². The van der Waals surface area contributed by atoms with E-state index in [-0.39, 0.29) is 5.91 Å². The quantitative estimate of drug-likeness (QED) is 0.906. The van der Waals surface area contributed by atoms with Gasteiger partial charge in [0.1, 0.15) is 0 Å². The molecular weight excluding hydrogens is 346 g/mol. The Balaban J connectivity index is 1.89. The van der Waals surface area contributed by atoms with Gasteiger partial charge in [0.15, 0.2) is 0 Å². The van der Waals surface area contributed by atoms with Gasteiger partial charge in [-0.05, 0) is 42.3 Å². The number of rotatable bonds is 3. The highest BCUT2D eigenvalue weighted by Gasteiger charge is 2.29. The minimum atomic E-state index is -0.860. The topological polar surface area (TPSA) is 57.6 Å². The number of halogens is 1. The number of carbonyl (C=O) groups is 2. The Hall–Kier alpha value is -2.14. The number of hydrogen-bond acceptors (Lipinski definition) is 2. The second-order valence-electron chi connectivity index (χ2n) is 5.31. The van der Waals surface area contributed by atoms with Crippen molar-refractivity contribution in [2.75, 3.05) is 4.90 Å². The van der Waals surface area contributed by atoms with E-state index in [2.05, 4.69) is 15.9 Å². The van der Waals surface area contributed by atoms with Crippen LogP contribution in [0.5, 0.6) is 0 Å². The Labute approximate surface area is 136 Å². The van der Waals surface area contributed by atoms with E-state index in [0.717, 1.165) is 21.3 Å². The standard InChI is InChI=1S/C17H14BrNO3/c1-10(17(21)22)11-5-7-12(8-6-11)19-9-14-13(16(19)20)3-2-4-15(14)18/h2-8,10H,9H2,1H3,(H,21,22). The van der Waals surface area contributed by atoms with E-state index in [9.17, 15) is 9.59 Å². The first-order chi connectivity index (χ1) is 10.5. The fourth-order valence-corrected chi connectivity index (χ4v) is 3.08. The maximum absolute atomic E-state index is 12.5. The van der Waals surface area contributed by atoms with Crippen LogP contribution in [0.1, 0.15) is 34.3 Å². The molecular formula is C17H14BrNO3. The number of carbonyl (C=O) groups excluding carboxylic acids is 1. The average molecular weight is 360 g/mol. The molecule has 1 N–H and O–H groups in total. The highest BCUT2D eigenvalue weighted by Crippen LogP contribution is 2.33. The highest BCUT2D eigenvalue weighted by molar-refractivity contribution is 9.10. The van der Waals surface area contributed by atoms with E-state index in [1.54, 1.807) is 36.1 Å². The number of amides is 1. The second kappa shape index (κ2) is 5.57. The van der Waals surface area contributed by atoms with Crippen LogP contribution >= 0.6 is 15.9 Å². The van der Waals surface area contributed by atoms with Crippen molar-refractivity contribution in [3.63, 3.8) is 0 Å². The highest BCUT2D eigenvalue weighted by atomic mass is 79.9. The molecule has 2 aromatic rings. The Kier molecular flexibility index (Phi) is 3.74. The van der Waals surface area contributed by atoms with E-state index in [1.165, 1.54) is 0 Å². The van der Waals surface area contributed by atoms with E-state index in [0.29, 0.717) is 12.1 Å². The van der Waals surface area contributed by atoms with Crippen molar-refractivity contribution >= 4 is 33.5 Å². The minimum absolute atomic E-state index is 0.0321. The zero-order chi connectivity index (χ0) is 15.9. The van der Waals surface area contributed by atoms with Gasteiger partial charge in [-0.1, -0.05) is 34.1 Å². The van der Waals surface area contributed by atoms with Gasteiger partial charge in [0, 0.05) is 15.7 Å². The molecule has 0 saturated carbocycles. The molecule has 1 heterocycles. The Morgan fingerprint density at radius 3 is 2.50 bits per heavy atom. The van der Waals surface area contributed by atoms with Crippen LogP contribution in [0.4, 0.5) is 5.69 Å². The predicted octanol–water partition coefficient (Wildman–Crippen LogP) is 3.80. The van der Waals surface area contributed by atoms with E-state index >= 15 is 0 Å². The number of fused-ring (bicyclic) bond motifs is 1. The molecule has 2 aromatic carbocycles. The van der Waals surface area contributed by atoms with Crippen LogP contribution in [-0.4, -0.2) is 17.0 Å². The first-order valence-electron chi connectivity index (χ1n) is 6.91. The van der Waals surface area contributed by atoms with Crippen LogP contribution in [0.2, 0.25) is 0 Å². The van der Waals surface area contributed by atoms with Crippen molar-refractivity contribution in [1.29, 1.82) is 0 Å². The van der Waals surface area contributed by atoms with E-state index < -0.39 is 11.9 Å². The van der Waals surface area contributed by atoms with Crippen LogP contribution in [0.25, 0.3) is 0 Å². The maximum Gasteiger partial charge on any atom is 0.310 e. The molecule has 1 amide bonds. The largest absolute Gasteiger partial charge is 0.481 e. The van der Waals surface area contributed by atoms with E-state index in [4.69, 9.17) is 5.11 Å². The number of benzene rings is 2. The average Bonchev–Trinajstić information content (AvgIpc) is 2.85. The van der Waals surface area contributed by atoms with Crippen LogP contribution in [0.3, 0.4) is 0 Å². The number of nitrogens with zero attached hydrogens (tertiary/aromatic N) is 1. The molecule has 112 valence electrons. The minimum Gasteiger partial charge on any atom is -0.481 e. The summed E-state index contributed by atoms with van der Waals surface area (Å²) >= 11 is 3.48. The number of carboxylic acid groups (broad SMARTS) is 1. The third-order valence-corrected chi connectivity index (χ3v) is 4.73. The van der Waals surface area contributed by atoms with Crippen LogP contribution in [0.15, 0.2) is 46.9 Å². The van der Waals surface area contributed by atoms with Gasteiger partial charge in [-0.3, -0.25) is 9.59 Å². The molecule has 1 aliphatic rings. The lowest BCUT2D eigenvalue weighted by Crippen LogP contribution is -2.23. The molecule has 0 saturated heterocycles. The Morgan fingerprint density at radius 2 is 1.91 bits per heavy atom. The first-order valence-corrected chi connectivity index (χ1v) is 7.70.